The third kappa shape index (κ3) is 7.91. The fraction of sp³-hybridized carbons (Fsp3) is 0.333. The van der Waals surface area contributed by atoms with E-state index < -0.39 is 0 Å². The second-order valence-electron chi connectivity index (χ2n) is 0.791. The second kappa shape index (κ2) is 4.76. The van der Waals surface area contributed by atoms with Gasteiger partial charge >= 0.3 is 0 Å². The monoisotopic (exact) mass is 402 g/mol. The first-order valence-electron chi connectivity index (χ1n) is 1.44. The molecule has 4 heteroatoms. The molecule has 0 nitrogen and oxygen atoms in total. The van der Waals surface area contributed by atoms with Crippen LogP contribution in [-0.4, -0.2) is 3.74 Å². The first-order chi connectivity index (χ1) is 3.13. The molecule has 0 heterocycles. The highest BCUT2D eigenvalue weighted by molar-refractivity contribution is 14.1. The summed E-state index contributed by atoms with van der Waals surface area (Å²) in [5, 5.41) is 0. The van der Waals surface area contributed by atoms with Crippen LogP contribution in [0.15, 0.2) is 8.57 Å². The maximum absolute atomic E-state index is 3.28. The summed E-state index contributed by atoms with van der Waals surface area (Å²) in [4.78, 5) is 0. The molecule has 0 radical (unpaired) electrons. The number of alkyl halides is 2. The first-order valence-corrected chi connectivity index (χ1v) is 5.14. The lowest BCUT2D eigenvalue weighted by Crippen LogP contribution is -1.70. The predicted molar refractivity (Wildman–Crippen MR) is 52.7 cm³/mol. The topological polar surface area (TPSA) is 0 Å². The van der Waals surface area contributed by atoms with Gasteiger partial charge in [0.15, 0.2) is 0 Å². The van der Waals surface area contributed by atoms with Crippen LogP contribution in [0.2, 0.25) is 0 Å². The lowest BCUT2D eigenvalue weighted by Gasteiger charge is -1.86. The maximum atomic E-state index is 3.28. The number of halogens is 4. The van der Waals surface area contributed by atoms with Gasteiger partial charge in [0.2, 0.25) is 0 Å². The van der Waals surface area contributed by atoms with Gasteiger partial charge in [0, 0.05) is 0 Å². The van der Waals surface area contributed by atoms with Crippen LogP contribution in [0.1, 0.15) is 0 Å². The predicted octanol–water partition coefficient (Wildman–Crippen LogP) is 3.77. The number of hydrogen-bond acceptors (Lipinski definition) is 0. The van der Waals surface area contributed by atoms with Crippen molar-refractivity contribution in [2.75, 3.05) is 0 Å². The molecular formula is C3H2Br3I. The average Bonchev–Trinajstić information content (AvgIpc) is 1.27. The molecule has 7 heavy (non-hydrogen) atoms. The molecule has 0 N–H and O–H groups in total. The molecule has 0 unspecified atom stereocenters. The van der Waals surface area contributed by atoms with Gasteiger partial charge in [-0.2, -0.15) is 0 Å². The Morgan fingerprint density at radius 3 is 2.00 bits per heavy atom. The molecule has 0 saturated carbocycles. The van der Waals surface area contributed by atoms with E-state index >= 15 is 0 Å². The van der Waals surface area contributed by atoms with E-state index in [1.54, 1.807) is 0 Å². The maximum Gasteiger partial charge on any atom is 0.0895 e. The van der Waals surface area contributed by atoms with Crippen molar-refractivity contribution in [3.05, 3.63) is 8.57 Å². The third-order valence-electron chi connectivity index (χ3n) is 0.252. The van der Waals surface area contributed by atoms with Crippen LogP contribution in [0.4, 0.5) is 0 Å². The normalized spacial score (nSPS) is 13.0. The van der Waals surface area contributed by atoms with Crippen LogP contribution in [-0.2, 0) is 0 Å². The van der Waals surface area contributed by atoms with Gasteiger partial charge in [0.25, 0.3) is 0 Å². The van der Waals surface area contributed by atoms with E-state index in [0.29, 0.717) is 0 Å². The first kappa shape index (κ1) is 8.91. The highest BCUT2D eigenvalue weighted by Gasteiger charge is 1.89. The van der Waals surface area contributed by atoms with Crippen molar-refractivity contribution in [3.8, 4) is 0 Å². The minimum atomic E-state index is 0.284. The van der Waals surface area contributed by atoms with Gasteiger partial charge < -0.3 is 0 Å². The van der Waals surface area contributed by atoms with Crippen molar-refractivity contribution in [3.63, 3.8) is 0 Å². The quantitative estimate of drug-likeness (QED) is 0.461. The summed E-state index contributed by atoms with van der Waals surface area (Å²) in [7, 11) is 0. The van der Waals surface area contributed by atoms with E-state index in [1.165, 1.54) is 0 Å². The molecule has 42 valence electrons. The Bertz CT molecular complexity index is 74.2. The largest absolute Gasteiger partial charge is 0.0895 e. The minimum Gasteiger partial charge on any atom is -0.0718 e. The van der Waals surface area contributed by atoms with E-state index in [-0.39, 0.29) is 3.74 Å². The molecular weight excluding hydrogens is 403 g/mol. The van der Waals surface area contributed by atoms with Crippen LogP contribution in [0.25, 0.3) is 0 Å². The molecule has 0 aromatic heterocycles. The molecule has 0 aromatic carbocycles. The van der Waals surface area contributed by atoms with Crippen LogP contribution in [0.5, 0.6) is 0 Å². The molecule has 0 bridgehead atoms. The summed E-state index contributed by atoms with van der Waals surface area (Å²) < 4.78 is 1.38. The number of allylic oxidation sites excluding steroid dienone is 1. The summed E-state index contributed by atoms with van der Waals surface area (Å²) in [5.74, 6) is 0. The summed E-state index contributed by atoms with van der Waals surface area (Å²) in [6.45, 7) is 0. The smallest absolute Gasteiger partial charge is 0.0718 e. The van der Waals surface area contributed by atoms with Gasteiger partial charge in [-0.05, 0) is 44.6 Å². The van der Waals surface area contributed by atoms with E-state index in [9.17, 15) is 0 Å². The van der Waals surface area contributed by atoms with Gasteiger partial charge in [-0.1, -0.05) is 31.9 Å². The molecule has 0 amide bonds. The molecule has 0 atom stereocenters. The van der Waals surface area contributed by atoms with Crippen LogP contribution in [0.3, 0.4) is 0 Å². The van der Waals surface area contributed by atoms with Gasteiger partial charge in [-0.15, -0.1) is 0 Å². The molecule has 0 fully saturated rings. The van der Waals surface area contributed by atoms with Crippen molar-refractivity contribution in [2.24, 2.45) is 0 Å². The Labute approximate surface area is 81.6 Å². The Kier molecular flexibility index (Phi) is 6.06. The summed E-state index contributed by atoms with van der Waals surface area (Å²) in [6.07, 6.45) is 1.99. The second-order valence-corrected chi connectivity index (χ2v) is 7.49. The standard InChI is InChI=1S/C3H2Br3I/c4-2(5)1-3(6)7/h1-2H. The zero-order chi connectivity index (χ0) is 5.86. The van der Waals surface area contributed by atoms with Gasteiger partial charge in [0.1, 0.15) is 0 Å². The fourth-order valence-corrected chi connectivity index (χ4v) is 2.95. The Balaban J connectivity index is 3.45. The summed E-state index contributed by atoms with van der Waals surface area (Å²) in [5.41, 5.74) is 0. The zero-order valence-electron chi connectivity index (χ0n) is 3.17. The van der Waals surface area contributed by atoms with Crippen LogP contribution in [0, 0.1) is 0 Å². The third-order valence-corrected chi connectivity index (χ3v) is 1.40. The molecule has 0 aliphatic carbocycles. The highest BCUT2D eigenvalue weighted by atomic mass is 127. The Morgan fingerprint density at radius 2 is 2.00 bits per heavy atom. The molecule has 0 aromatic rings. The van der Waals surface area contributed by atoms with Crippen LogP contribution >= 0.6 is 70.4 Å². The number of hydrogen-bond donors (Lipinski definition) is 0. The Hall–Kier alpha value is 1.91. The highest BCUT2D eigenvalue weighted by Crippen LogP contribution is 2.20. The van der Waals surface area contributed by atoms with Crippen molar-refractivity contribution in [1.82, 2.24) is 0 Å². The molecule has 0 saturated heterocycles. The zero-order valence-corrected chi connectivity index (χ0v) is 10.1. The molecule has 0 rings (SSSR count). The Morgan fingerprint density at radius 1 is 1.57 bits per heavy atom. The minimum absolute atomic E-state index is 0.284. The average molecular weight is 405 g/mol. The van der Waals surface area contributed by atoms with Crippen LogP contribution < -0.4 is 0 Å². The van der Waals surface area contributed by atoms with E-state index in [2.05, 4.69) is 70.4 Å². The molecule has 0 aliphatic heterocycles. The fourth-order valence-electron chi connectivity index (χ4n) is 0.0952. The SMILES string of the molecule is BrC(I)=CC(Br)Br. The van der Waals surface area contributed by atoms with E-state index in [4.69, 9.17) is 0 Å². The van der Waals surface area contributed by atoms with E-state index in [1.807, 2.05) is 6.08 Å². The lowest BCUT2D eigenvalue weighted by atomic mass is 10.8. The summed E-state index contributed by atoms with van der Waals surface area (Å²) >= 11 is 12.0. The van der Waals surface area contributed by atoms with Crippen molar-refractivity contribution in [2.45, 2.75) is 3.74 Å². The number of rotatable bonds is 1. The van der Waals surface area contributed by atoms with Gasteiger partial charge in [0.05, 0.1) is 6.23 Å². The molecule has 0 aliphatic rings. The molecule has 0 spiro atoms. The van der Waals surface area contributed by atoms with Gasteiger partial charge in [-0.25, -0.2) is 0 Å². The van der Waals surface area contributed by atoms with Crippen molar-refractivity contribution >= 4 is 70.4 Å². The van der Waals surface area contributed by atoms with Crippen molar-refractivity contribution in [1.29, 1.82) is 0 Å². The van der Waals surface area contributed by atoms with E-state index in [0.717, 1.165) is 2.49 Å². The van der Waals surface area contributed by atoms with Gasteiger partial charge in [-0.3, -0.25) is 0 Å². The van der Waals surface area contributed by atoms with Crippen molar-refractivity contribution < 1.29 is 0 Å². The summed E-state index contributed by atoms with van der Waals surface area (Å²) in [6, 6.07) is 0. The lowest BCUT2D eigenvalue weighted by molar-refractivity contribution is 1.76.